The second-order valence-electron chi connectivity index (χ2n) is 17.3. The molecule has 4 heterocycles. The van der Waals surface area contributed by atoms with Crippen molar-refractivity contribution in [2.45, 2.75) is 51.0 Å². The third-order valence-corrected chi connectivity index (χ3v) is 12.0. The van der Waals surface area contributed by atoms with Gasteiger partial charge in [0.1, 0.15) is 5.69 Å². The summed E-state index contributed by atoms with van der Waals surface area (Å²) in [6, 6.07) is 24.1. The van der Waals surface area contributed by atoms with Gasteiger partial charge in [0.05, 0.1) is 32.6 Å². The fraction of sp³-hybridized carbons (Fsp3) is 0.265. The number of hydrogen-bond acceptors (Lipinski definition) is 14. The van der Waals surface area contributed by atoms with Crippen molar-refractivity contribution in [1.82, 2.24) is 34.0 Å². The van der Waals surface area contributed by atoms with Gasteiger partial charge in [0.25, 0.3) is 5.69 Å². The first-order valence-electron chi connectivity index (χ1n) is 22.6. The molecule has 2 aliphatic carbocycles. The van der Waals surface area contributed by atoms with Crippen molar-refractivity contribution >= 4 is 62.1 Å². The zero-order chi connectivity index (χ0) is 50.8. The lowest BCUT2D eigenvalue weighted by Crippen LogP contribution is -2.29. The highest BCUT2D eigenvalue weighted by Crippen LogP contribution is 2.44. The number of alkyl halides is 4. The molecule has 2 fully saturated rings. The number of halogens is 5. The van der Waals surface area contributed by atoms with Crippen LogP contribution in [-0.2, 0) is 0 Å². The Morgan fingerprint density at radius 3 is 1.57 bits per heavy atom. The third-order valence-electron chi connectivity index (χ3n) is 12.0. The molecule has 0 spiro atoms. The number of para-hydroxylation sites is 2. The molecule has 2 aliphatic rings. The molecule has 23 heteroatoms. The van der Waals surface area contributed by atoms with Crippen molar-refractivity contribution in [3.05, 3.63) is 136 Å². The Hall–Kier alpha value is -8.47. The summed E-state index contributed by atoms with van der Waals surface area (Å²) in [6.45, 7) is -5.34. The molecule has 0 unspecified atom stereocenters. The number of hydrogen-bond donors (Lipinski definition) is 2. The molecule has 0 atom stereocenters. The maximum atomic E-state index is 13.9. The maximum absolute atomic E-state index is 13.9. The van der Waals surface area contributed by atoms with Gasteiger partial charge in [0.15, 0.2) is 11.5 Å². The lowest BCUT2D eigenvalue weighted by Gasteiger charge is -2.23. The molecular weight excluding hydrogens is 948 g/mol. The summed E-state index contributed by atoms with van der Waals surface area (Å²) in [5.41, 5.74) is 3.85. The van der Waals surface area contributed by atoms with E-state index in [9.17, 15) is 42.2 Å². The second kappa shape index (κ2) is 20.5. The van der Waals surface area contributed by atoms with Gasteiger partial charge >= 0.3 is 18.9 Å². The number of likely N-dealkylation sites (N-methyl/N-ethyl adjacent to an activating group) is 2. The van der Waals surface area contributed by atoms with Gasteiger partial charge in [-0.15, -0.1) is 0 Å². The number of nitrogens with one attached hydrogen (secondary N) is 2. The summed E-state index contributed by atoms with van der Waals surface area (Å²) in [7, 11) is 5.41. The fourth-order valence-corrected chi connectivity index (χ4v) is 8.25. The summed E-state index contributed by atoms with van der Waals surface area (Å²) in [5, 5.41) is 30.6. The molecule has 4 aromatic heterocycles. The number of nitro benzene ring substituents is 2. The molecule has 10 rings (SSSR count). The minimum Gasteiger partial charge on any atom is -0.433 e. The van der Waals surface area contributed by atoms with Crippen molar-refractivity contribution in [3.8, 4) is 34.0 Å². The van der Waals surface area contributed by atoms with E-state index < -0.39 is 40.3 Å². The van der Waals surface area contributed by atoms with Gasteiger partial charge in [0, 0.05) is 114 Å². The first-order valence-corrected chi connectivity index (χ1v) is 22.6. The molecule has 0 saturated heterocycles. The fourth-order valence-electron chi connectivity index (χ4n) is 8.25. The van der Waals surface area contributed by atoms with Crippen molar-refractivity contribution < 1.29 is 41.3 Å². The summed E-state index contributed by atoms with van der Waals surface area (Å²) in [5.74, 6) is -2.08. The van der Waals surface area contributed by atoms with Crippen LogP contribution in [0, 0.1) is 26.0 Å². The highest BCUT2D eigenvalue weighted by molar-refractivity contribution is 5.96. The van der Waals surface area contributed by atoms with Gasteiger partial charge in [-0.1, -0.05) is 36.4 Å². The summed E-state index contributed by atoms with van der Waals surface area (Å²) >= 11 is 0. The van der Waals surface area contributed by atoms with Gasteiger partial charge in [-0.2, -0.15) is 22.0 Å². The predicted octanol–water partition coefficient (Wildman–Crippen LogP) is 11.5. The molecule has 2 saturated carbocycles. The van der Waals surface area contributed by atoms with Gasteiger partial charge in [-0.3, -0.25) is 20.2 Å². The average molecular weight is 993 g/mol. The van der Waals surface area contributed by atoms with E-state index in [0.29, 0.717) is 42.6 Å². The lowest BCUT2D eigenvalue weighted by atomic mass is 10.1. The molecule has 0 amide bonds. The molecule has 4 aromatic carbocycles. The summed E-state index contributed by atoms with van der Waals surface area (Å²) in [6.07, 6.45) is 11.6. The maximum Gasteiger partial charge on any atom is 0.387 e. The predicted molar refractivity (Wildman–Crippen MR) is 260 cm³/mol. The first-order chi connectivity index (χ1) is 34.6. The van der Waals surface area contributed by atoms with Crippen LogP contribution in [0.3, 0.4) is 0 Å². The summed E-state index contributed by atoms with van der Waals surface area (Å²) < 4.78 is 79.8. The Morgan fingerprint density at radius 2 is 1.12 bits per heavy atom. The number of fused-ring (bicyclic) bond motifs is 2. The Balaban J connectivity index is 0.000000180. The highest BCUT2D eigenvalue weighted by Gasteiger charge is 2.29. The quantitative estimate of drug-likeness (QED) is 0.0468. The number of nitrogens with zero attached hydrogens (tertiary/aromatic N) is 10. The van der Waals surface area contributed by atoms with E-state index in [1.165, 1.54) is 18.3 Å². The van der Waals surface area contributed by atoms with E-state index >= 15 is 0 Å². The number of anilines is 5. The van der Waals surface area contributed by atoms with Crippen molar-refractivity contribution in [1.29, 1.82) is 0 Å². The van der Waals surface area contributed by atoms with Crippen LogP contribution in [0.1, 0.15) is 37.8 Å². The van der Waals surface area contributed by atoms with Gasteiger partial charge in [-0.05, 0) is 64.0 Å². The van der Waals surface area contributed by atoms with Crippen LogP contribution in [0.2, 0.25) is 0 Å². The molecule has 2 N–H and O–H groups in total. The van der Waals surface area contributed by atoms with Crippen LogP contribution < -0.4 is 25.0 Å². The lowest BCUT2D eigenvalue weighted by molar-refractivity contribution is -0.387. The highest BCUT2D eigenvalue weighted by atomic mass is 19.3. The number of benzene rings is 4. The largest absolute Gasteiger partial charge is 0.433 e. The second-order valence-corrected chi connectivity index (χ2v) is 17.3. The van der Waals surface area contributed by atoms with E-state index in [2.05, 4.69) is 56.7 Å². The van der Waals surface area contributed by atoms with E-state index in [1.54, 1.807) is 30.3 Å². The van der Waals surface area contributed by atoms with E-state index in [-0.39, 0.29) is 40.4 Å². The molecule has 18 nitrogen and oxygen atoms in total. The van der Waals surface area contributed by atoms with Gasteiger partial charge < -0.3 is 39.0 Å². The van der Waals surface area contributed by atoms with Crippen LogP contribution >= 0.6 is 0 Å². The van der Waals surface area contributed by atoms with Gasteiger partial charge in [0.2, 0.25) is 17.7 Å². The zero-order valence-electron chi connectivity index (χ0n) is 38.8. The van der Waals surface area contributed by atoms with Crippen LogP contribution in [0.25, 0.3) is 44.3 Å². The smallest absolute Gasteiger partial charge is 0.387 e. The SMILES string of the molecule is CN(C)CCN(C)c1cc(OC(F)F)c(Nc2nccc(-c3cn(C4CC4)c4ccccc34)n2)cc1[N+](=O)[O-].O=[N+]([O-])c1cc(Nc2nccc(-c3cn(C4CC4)c4ccccc34)n2)c(OC(F)F)cc1F. The van der Waals surface area contributed by atoms with Crippen LogP contribution in [0.5, 0.6) is 11.5 Å². The normalized spacial score (nSPS) is 13.4. The van der Waals surface area contributed by atoms with Crippen LogP contribution in [-0.4, -0.2) is 91.3 Å². The van der Waals surface area contributed by atoms with Crippen molar-refractivity contribution in [2.75, 3.05) is 49.8 Å². The Morgan fingerprint density at radius 1 is 0.667 bits per heavy atom. The number of ether oxygens (including phenoxy) is 2. The van der Waals surface area contributed by atoms with Crippen molar-refractivity contribution in [3.63, 3.8) is 0 Å². The number of rotatable bonds is 18. The third kappa shape index (κ3) is 10.8. The topological polar surface area (TPSA) is 197 Å². The van der Waals surface area contributed by atoms with Gasteiger partial charge in [-0.25, -0.2) is 19.9 Å². The van der Waals surface area contributed by atoms with Crippen molar-refractivity contribution in [2.24, 2.45) is 0 Å². The Bertz CT molecular complexity index is 3310. The molecule has 8 aromatic rings. The zero-order valence-corrected chi connectivity index (χ0v) is 38.8. The summed E-state index contributed by atoms with van der Waals surface area (Å²) in [4.78, 5) is 42.5. The Labute approximate surface area is 407 Å². The van der Waals surface area contributed by atoms with E-state index in [0.717, 1.165) is 64.7 Å². The molecule has 0 bridgehead atoms. The first kappa shape index (κ1) is 48.5. The standard InChI is InChI=1S/C27H29F2N7O3.C22H16F3N5O3/c1-33(2)12-13-34(3)23-15-25(39-26(28)29)21(14-24(23)36(37)38)32-27-30-11-10-20(31-27)19-16-35(17-8-9-17)22-7-5-4-6-18(19)22;23-15-9-20(33-21(24)25)17(10-19(15)30(31)32)28-22-26-8-7-16(27-22)14-11-29(12-5-6-12)18-4-2-1-3-13(14)18/h4-7,10-11,14-17,26H,8-9,12-13H2,1-3H3,(H,30,31,32);1-4,7-12,21H,5-6H2,(H,26,27,28). The van der Waals surface area contributed by atoms with E-state index in [4.69, 9.17) is 4.74 Å². The molecule has 72 heavy (non-hydrogen) atoms. The molecular formula is C49H45F5N12O6. The average Bonchev–Trinajstić information content (AvgIpc) is 4.30. The number of nitro groups is 2. The Kier molecular flexibility index (Phi) is 13.8. The minimum atomic E-state index is -3.26. The molecule has 0 aliphatic heterocycles. The molecule has 372 valence electrons. The van der Waals surface area contributed by atoms with E-state index in [1.807, 2.05) is 67.7 Å². The minimum absolute atomic E-state index is 0.0178. The van der Waals surface area contributed by atoms with Crippen LogP contribution in [0.4, 0.5) is 62.3 Å². The monoisotopic (exact) mass is 992 g/mol. The van der Waals surface area contributed by atoms with Crippen LogP contribution in [0.15, 0.2) is 110 Å². The number of aromatic nitrogens is 6. The molecule has 0 radical (unpaired) electrons.